The molecule has 2 fully saturated rings. The van der Waals surface area contributed by atoms with Gasteiger partial charge in [0, 0.05) is 32.7 Å². The van der Waals surface area contributed by atoms with Crippen LogP contribution >= 0.6 is 0 Å². The quantitative estimate of drug-likeness (QED) is 0.581. The molecule has 0 aromatic rings. The SMILES string of the molecule is CN1CCN(C(=O)[C@@H]2COCCN2C)CC1. The summed E-state index contributed by atoms with van der Waals surface area (Å²) in [7, 11) is 4.10. The van der Waals surface area contributed by atoms with Crippen molar-refractivity contribution >= 4 is 5.91 Å². The topological polar surface area (TPSA) is 36.0 Å². The highest BCUT2D eigenvalue weighted by Gasteiger charge is 2.31. The third-order valence-corrected chi connectivity index (χ3v) is 3.50. The first kappa shape index (κ1) is 11.8. The maximum absolute atomic E-state index is 12.3. The van der Waals surface area contributed by atoms with Crippen LogP contribution in [-0.2, 0) is 9.53 Å². The highest BCUT2D eigenvalue weighted by molar-refractivity contribution is 5.82. The third-order valence-electron chi connectivity index (χ3n) is 3.50. The van der Waals surface area contributed by atoms with Crippen LogP contribution in [0.2, 0.25) is 0 Å². The number of hydrogen-bond donors (Lipinski definition) is 0. The van der Waals surface area contributed by atoms with E-state index in [1.165, 1.54) is 0 Å². The third kappa shape index (κ3) is 2.53. The molecule has 92 valence electrons. The van der Waals surface area contributed by atoms with Crippen LogP contribution in [0.1, 0.15) is 0 Å². The molecule has 2 aliphatic heterocycles. The smallest absolute Gasteiger partial charge is 0.242 e. The van der Waals surface area contributed by atoms with Gasteiger partial charge in [0.2, 0.25) is 5.91 Å². The zero-order valence-electron chi connectivity index (χ0n) is 10.2. The van der Waals surface area contributed by atoms with Gasteiger partial charge in [-0.3, -0.25) is 9.69 Å². The fourth-order valence-corrected chi connectivity index (χ4v) is 2.18. The van der Waals surface area contributed by atoms with E-state index in [0.29, 0.717) is 6.61 Å². The Kier molecular flexibility index (Phi) is 3.78. The number of amides is 1. The lowest BCUT2D eigenvalue weighted by atomic mass is 10.2. The number of hydrogen-bond acceptors (Lipinski definition) is 4. The summed E-state index contributed by atoms with van der Waals surface area (Å²) < 4.78 is 5.39. The standard InChI is InChI=1S/C11H21N3O2/c1-12-3-5-14(6-4-12)11(15)10-9-16-8-7-13(10)2/h10H,3-9H2,1-2H3/t10-/m0/s1. The van der Waals surface area contributed by atoms with E-state index >= 15 is 0 Å². The van der Waals surface area contributed by atoms with Crippen molar-refractivity contribution in [3.8, 4) is 0 Å². The summed E-state index contributed by atoms with van der Waals surface area (Å²) in [4.78, 5) is 18.6. The highest BCUT2D eigenvalue weighted by Crippen LogP contribution is 2.09. The molecule has 0 bridgehead atoms. The van der Waals surface area contributed by atoms with E-state index in [9.17, 15) is 4.79 Å². The lowest BCUT2D eigenvalue weighted by Crippen LogP contribution is -2.57. The Labute approximate surface area is 96.9 Å². The van der Waals surface area contributed by atoms with Crippen LogP contribution in [0.3, 0.4) is 0 Å². The lowest BCUT2D eigenvalue weighted by Gasteiger charge is -2.38. The average Bonchev–Trinajstić information content (AvgIpc) is 2.30. The molecule has 2 saturated heterocycles. The first-order valence-corrected chi connectivity index (χ1v) is 5.94. The second-order valence-corrected chi connectivity index (χ2v) is 4.70. The van der Waals surface area contributed by atoms with E-state index < -0.39 is 0 Å². The summed E-state index contributed by atoms with van der Waals surface area (Å²) in [5.74, 6) is 0.232. The summed E-state index contributed by atoms with van der Waals surface area (Å²) in [6.45, 7) is 5.78. The molecule has 0 N–H and O–H groups in total. The van der Waals surface area contributed by atoms with Crippen molar-refractivity contribution in [1.82, 2.24) is 14.7 Å². The van der Waals surface area contributed by atoms with Crippen molar-refractivity contribution in [2.75, 3.05) is 60.0 Å². The number of rotatable bonds is 1. The molecule has 0 unspecified atom stereocenters. The van der Waals surface area contributed by atoms with Crippen LogP contribution in [-0.4, -0.2) is 86.7 Å². The first-order chi connectivity index (χ1) is 7.68. The molecule has 5 nitrogen and oxygen atoms in total. The summed E-state index contributed by atoms with van der Waals surface area (Å²) in [5.41, 5.74) is 0. The molecule has 0 aromatic carbocycles. The van der Waals surface area contributed by atoms with Crippen molar-refractivity contribution in [2.24, 2.45) is 0 Å². The minimum atomic E-state index is -0.0721. The summed E-state index contributed by atoms with van der Waals surface area (Å²) in [6, 6.07) is -0.0721. The zero-order valence-corrected chi connectivity index (χ0v) is 10.2. The highest BCUT2D eigenvalue weighted by atomic mass is 16.5. The van der Waals surface area contributed by atoms with Gasteiger partial charge >= 0.3 is 0 Å². The fourth-order valence-electron chi connectivity index (χ4n) is 2.18. The van der Waals surface area contributed by atoms with E-state index in [0.717, 1.165) is 39.3 Å². The molecule has 2 heterocycles. The number of likely N-dealkylation sites (N-methyl/N-ethyl adjacent to an activating group) is 2. The predicted octanol–water partition coefficient (Wildman–Crippen LogP) is -0.909. The van der Waals surface area contributed by atoms with Crippen LogP contribution in [0.15, 0.2) is 0 Å². The molecule has 5 heteroatoms. The molecular formula is C11H21N3O2. The number of piperazine rings is 1. The van der Waals surface area contributed by atoms with Gasteiger partial charge in [0.25, 0.3) is 0 Å². The van der Waals surface area contributed by atoms with Crippen molar-refractivity contribution in [3.63, 3.8) is 0 Å². The lowest BCUT2D eigenvalue weighted by molar-refractivity contribution is -0.143. The molecule has 2 rings (SSSR count). The Bertz CT molecular complexity index is 252. The minimum Gasteiger partial charge on any atom is -0.378 e. The van der Waals surface area contributed by atoms with Crippen LogP contribution in [0, 0.1) is 0 Å². The van der Waals surface area contributed by atoms with Crippen molar-refractivity contribution in [1.29, 1.82) is 0 Å². The summed E-state index contributed by atoms with van der Waals surface area (Å²) in [5, 5.41) is 0. The maximum atomic E-state index is 12.3. The Morgan fingerprint density at radius 2 is 1.81 bits per heavy atom. The molecule has 16 heavy (non-hydrogen) atoms. The molecule has 0 spiro atoms. The Hall–Kier alpha value is -0.650. The molecule has 2 aliphatic rings. The number of carbonyl (C=O) groups is 1. The van der Waals surface area contributed by atoms with E-state index in [1.807, 2.05) is 11.9 Å². The van der Waals surface area contributed by atoms with Crippen molar-refractivity contribution in [2.45, 2.75) is 6.04 Å². The van der Waals surface area contributed by atoms with Gasteiger partial charge < -0.3 is 14.5 Å². The molecule has 1 amide bonds. The van der Waals surface area contributed by atoms with Gasteiger partial charge in [-0.25, -0.2) is 0 Å². The van der Waals surface area contributed by atoms with Gasteiger partial charge in [0.15, 0.2) is 0 Å². The number of morpholine rings is 1. The summed E-state index contributed by atoms with van der Waals surface area (Å²) in [6.07, 6.45) is 0. The molecule has 1 atom stereocenters. The Balaban J connectivity index is 1.90. The molecule has 0 aromatic heterocycles. The first-order valence-electron chi connectivity index (χ1n) is 5.94. The Morgan fingerprint density at radius 1 is 1.12 bits per heavy atom. The van der Waals surface area contributed by atoms with E-state index in [4.69, 9.17) is 4.74 Å². The monoisotopic (exact) mass is 227 g/mol. The van der Waals surface area contributed by atoms with Crippen LogP contribution in [0.5, 0.6) is 0 Å². The Morgan fingerprint density at radius 3 is 2.44 bits per heavy atom. The van der Waals surface area contributed by atoms with E-state index in [2.05, 4.69) is 16.8 Å². The van der Waals surface area contributed by atoms with Crippen LogP contribution in [0.4, 0.5) is 0 Å². The second kappa shape index (κ2) is 5.12. The van der Waals surface area contributed by atoms with Gasteiger partial charge in [-0.05, 0) is 14.1 Å². The summed E-state index contributed by atoms with van der Waals surface area (Å²) >= 11 is 0. The van der Waals surface area contributed by atoms with E-state index in [-0.39, 0.29) is 11.9 Å². The number of ether oxygens (including phenoxy) is 1. The normalized spacial score (nSPS) is 29.4. The average molecular weight is 227 g/mol. The van der Waals surface area contributed by atoms with Gasteiger partial charge in [0.05, 0.1) is 13.2 Å². The molecule has 0 saturated carbocycles. The number of carbonyl (C=O) groups excluding carboxylic acids is 1. The largest absolute Gasteiger partial charge is 0.378 e. The predicted molar refractivity (Wildman–Crippen MR) is 61.3 cm³/mol. The fraction of sp³-hybridized carbons (Fsp3) is 0.909. The minimum absolute atomic E-state index is 0.0721. The van der Waals surface area contributed by atoms with Crippen molar-refractivity contribution < 1.29 is 9.53 Å². The molecular weight excluding hydrogens is 206 g/mol. The van der Waals surface area contributed by atoms with Gasteiger partial charge in [-0.15, -0.1) is 0 Å². The van der Waals surface area contributed by atoms with Gasteiger partial charge in [-0.1, -0.05) is 0 Å². The van der Waals surface area contributed by atoms with Crippen LogP contribution in [0.25, 0.3) is 0 Å². The zero-order chi connectivity index (χ0) is 11.5. The molecule has 0 radical (unpaired) electrons. The number of nitrogens with zero attached hydrogens (tertiary/aromatic N) is 3. The van der Waals surface area contributed by atoms with Gasteiger partial charge in [0.1, 0.15) is 6.04 Å². The molecule has 0 aliphatic carbocycles. The van der Waals surface area contributed by atoms with Crippen LogP contribution < -0.4 is 0 Å². The van der Waals surface area contributed by atoms with E-state index in [1.54, 1.807) is 0 Å². The van der Waals surface area contributed by atoms with Crippen molar-refractivity contribution in [3.05, 3.63) is 0 Å². The second-order valence-electron chi connectivity index (χ2n) is 4.70. The maximum Gasteiger partial charge on any atom is 0.242 e. The van der Waals surface area contributed by atoms with Gasteiger partial charge in [-0.2, -0.15) is 0 Å².